The fraction of sp³-hybridized carbons (Fsp3) is 0.500. The Labute approximate surface area is 319 Å². The van der Waals surface area contributed by atoms with Crippen LogP contribution in [0.25, 0.3) is 0 Å². The van der Waals surface area contributed by atoms with Crippen LogP contribution in [0.1, 0.15) is 58.1 Å². The van der Waals surface area contributed by atoms with Gasteiger partial charge in [-0.1, -0.05) is 83.9 Å². The van der Waals surface area contributed by atoms with Gasteiger partial charge in [0.15, 0.2) is 0 Å². The molecule has 3 saturated heterocycles. The molecule has 1 unspecified atom stereocenters. The summed E-state index contributed by atoms with van der Waals surface area (Å²) in [5, 5.41) is 11.2. The van der Waals surface area contributed by atoms with E-state index in [1.807, 2.05) is 51.1 Å². The number of hydrogen-bond donors (Lipinski definition) is 1. The topological polar surface area (TPSA) is 117 Å². The molecule has 0 radical (unpaired) electrons. The predicted octanol–water partition coefficient (Wildman–Crippen LogP) is 6.11. The largest absolute Gasteiger partial charge is 0.455 e. The molecule has 3 aliphatic rings. The number of carbonyl (C=O) groups excluding carboxylic acids is 4. The van der Waals surface area contributed by atoms with Crippen LogP contribution in [-0.2, 0) is 28.7 Å². The highest BCUT2D eigenvalue weighted by atomic mass is 79.9. The molecule has 3 fully saturated rings. The number of likely N-dealkylation sites (tertiary alicyclic amines) is 1. The number of likely N-dealkylation sites (N-methyl/N-ethyl adjacent to an activating group) is 1. The minimum Gasteiger partial charge on any atom is -0.455 e. The summed E-state index contributed by atoms with van der Waals surface area (Å²) in [5.41, 5.74) is -0.150. The summed E-state index contributed by atoms with van der Waals surface area (Å²) < 4.78 is 13.1. The molecule has 0 aliphatic carbocycles. The molecule has 280 valence electrons. The third kappa shape index (κ3) is 7.47. The monoisotopic (exact) mass is 797 g/mol. The van der Waals surface area contributed by atoms with Crippen molar-refractivity contribution in [3.8, 4) is 0 Å². The number of alkyl halides is 1. The lowest BCUT2D eigenvalue weighted by Gasteiger charge is -2.39. The normalized spacial score (nSPS) is 26.4. The van der Waals surface area contributed by atoms with E-state index in [0.29, 0.717) is 29.1 Å². The predicted molar refractivity (Wildman–Crippen MR) is 204 cm³/mol. The summed E-state index contributed by atoms with van der Waals surface area (Å²) in [6, 6.07) is 13.6. The smallest absolute Gasteiger partial charge is 0.313 e. The number of hydrogen-bond acceptors (Lipinski definition) is 7. The first kappa shape index (κ1) is 39.7. The van der Waals surface area contributed by atoms with Gasteiger partial charge in [-0.05, 0) is 61.9 Å². The molecule has 3 amide bonds. The van der Waals surface area contributed by atoms with Gasteiger partial charge in [0.25, 0.3) is 5.91 Å². The van der Waals surface area contributed by atoms with Gasteiger partial charge < -0.3 is 29.3 Å². The first-order valence-corrected chi connectivity index (χ1v) is 19.1. The van der Waals surface area contributed by atoms with Crippen molar-refractivity contribution < 1.29 is 33.8 Å². The fourth-order valence-electron chi connectivity index (χ4n) is 8.17. The highest BCUT2D eigenvalue weighted by Crippen LogP contribution is 2.61. The maximum absolute atomic E-state index is 15.0. The average molecular weight is 799 g/mol. The van der Waals surface area contributed by atoms with E-state index < -0.39 is 65.6 Å². The number of esters is 1. The van der Waals surface area contributed by atoms with Gasteiger partial charge in [0.2, 0.25) is 11.8 Å². The molecule has 1 spiro atoms. The van der Waals surface area contributed by atoms with E-state index in [4.69, 9.17) is 21.1 Å². The zero-order valence-electron chi connectivity index (χ0n) is 30.2. The molecular formula is C40H49BrClN3O7. The Morgan fingerprint density at radius 1 is 1.12 bits per heavy atom. The summed E-state index contributed by atoms with van der Waals surface area (Å²) >= 11 is 9.93. The standard InChI is InChI=1S/C40H49BrClN3O7/c1-7-9-15-31(47)43(6)25(5)34(26-13-11-10-12-14-26)51-39(50)32-33-37(48)45(29(23-46)21-24(3)4)36(40(33)22-30(41)35(32)52-40)38(49)44(20-8-2)28-18-16-27(42)17-19-28/h7-8,10-14,16-19,24-25,29-30,32-36,46H,1-2,9,15,20-23H2,3-6H3/t25-,29-,30?,32-,33+,34+,35-,36-,40+/m1/s1. The number of nitrogens with zero attached hydrogens (tertiary/aromatic N) is 3. The fourth-order valence-corrected chi connectivity index (χ4v) is 9.24. The molecule has 12 heteroatoms. The van der Waals surface area contributed by atoms with E-state index in [0.717, 1.165) is 0 Å². The first-order chi connectivity index (χ1) is 24.8. The average Bonchev–Trinajstić information content (AvgIpc) is 3.73. The van der Waals surface area contributed by atoms with Crippen molar-refractivity contribution in [2.75, 3.05) is 25.1 Å². The summed E-state index contributed by atoms with van der Waals surface area (Å²) in [4.78, 5) is 61.8. The van der Waals surface area contributed by atoms with E-state index in [9.17, 15) is 24.3 Å². The Balaban J connectivity index is 1.56. The third-order valence-corrected chi connectivity index (χ3v) is 11.8. The molecule has 9 atom stereocenters. The number of fused-ring (bicyclic) bond motifs is 1. The van der Waals surface area contributed by atoms with Gasteiger partial charge in [0.05, 0.1) is 36.6 Å². The number of aliphatic hydroxyl groups excluding tert-OH is 1. The Kier molecular flexibility index (Phi) is 12.7. The Bertz CT molecular complexity index is 1640. The number of rotatable bonds is 16. The molecule has 5 rings (SSSR count). The van der Waals surface area contributed by atoms with Gasteiger partial charge in [-0.25, -0.2) is 0 Å². The van der Waals surface area contributed by atoms with Crippen LogP contribution in [0.4, 0.5) is 5.69 Å². The summed E-state index contributed by atoms with van der Waals surface area (Å²) in [6.07, 6.45) is 3.13. The van der Waals surface area contributed by atoms with Crippen molar-refractivity contribution in [2.45, 2.75) is 87.2 Å². The highest BCUT2D eigenvalue weighted by molar-refractivity contribution is 9.09. The lowest BCUT2D eigenvalue weighted by atomic mass is 9.70. The zero-order chi connectivity index (χ0) is 37.9. The number of benzene rings is 2. The van der Waals surface area contributed by atoms with Crippen LogP contribution in [0.3, 0.4) is 0 Å². The second-order valence-corrected chi connectivity index (χ2v) is 16.0. The van der Waals surface area contributed by atoms with Gasteiger partial charge in [0.1, 0.15) is 17.7 Å². The van der Waals surface area contributed by atoms with Crippen LogP contribution < -0.4 is 4.90 Å². The highest BCUT2D eigenvalue weighted by Gasteiger charge is 2.77. The molecule has 0 aromatic heterocycles. The van der Waals surface area contributed by atoms with Crippen LogP contribution in [0.15, 0.2) is 79.9 Å². The Morgan fingerprint density at radius 2 is 1.79 bits per heavy atom. The van der Waals surface area contributed by atoms with Gasteiger partial charge in [0, 0.05) is 35.6 Å². The zero-order valence-corrected chi connectivity index (χ0v) is 32.5. The second-order valence-electron chi connectivity index (χ2n) is 14.4. The van der Waals surface area contributed by atoms with Gasteiger partial charge >= 0.3 is 5.97 Å². The second kappa shape index (κ2) is 16.7. The molecule has 2 aromatic rings. The molecule has 3 heterocycles. The summed E-state index contributed by atoms with van der Waals surface area (Å²) in [5.74, 6) is -3.65. The minimum absolute atomic E-state index is 0.0837. The van der Waals surface area contributed by atoms with Crippen LogP contribution in [-0.4, -0.2) is 93.5 Å². The number of ether oxygens (including phenoxy) is 2. The first-order valence-electron chi connectivity index (χ1n) is 17.9. The van der Waals surface area contributed by atoms with Gasteiger partial charge in [-0.3, -0.25) is 19.2 Å². The van der Waals surface area contributed by atoms with E-state index >= 15 is 0 Å². The molecular weight excluding hydrogens is 750 g/mol. The molecule has 0 saturated carbocycles. The van der Waals surface area contributed by atoms with Crippen molar-refractivity contribution in [1.29, 1.82) is 0 Å². The van der Waals surface area contributed by atoms with Crippen molar-refractivity contribution >= 4 is 56.9 Å². The molecule has 2 bridgehead atoms. The SMILES string of the molecule is C=CCCC(=O)N(C)[C@H](C)[C@H](OC(=O)[C@H]1[C@@H]2O[C@@]3(CC2Br)[C@@H]1C(=O)N([C@@H](CO)CC(C)C)[C@@H]3C(=O)N(CC=C)c1ccc(Cl)cc1)c1ccccc1. The molecule has 3 aliphatic heterocycles. The number of allylic oxidation sites excluding steroid dienone is 1. The number of anilines is 1. The quantitative estimate of drug-likeness (QED) is 0.124. The molecule has 1 N–H and O–H groups in total. The van der Waals surface area contributed by atoms with Crippen molar-refractivity contribution in [2.24, 2.45) is 17.8 Å². The van der Waals surface area contributed by atoms with Crippen LogP contribution >= 0.6 is 27.5 Å². The number of halogens is 2. The lowest BCUT2D eigenvalue weighted by molar-refractivity contribution is -0.165. The van der Waals surface area contributed by atoms with E-state index in [1.165, 1.54) is 9.80 Å². The molecule has 10 nitrogen and oxygen atoms in total. The lowest BCUT2D eigenvalue weighted by Crippen LogP contribution is -2.59. The van der Waals surface area contributed by atoms with Crippen molar-refractivity contribution in [3.63, 3.8) is 0 Å². The van der Waals surface area contributed by atoms with Crippen molar-refractivity contribution in [3.05, 3.63) is 90.5 Å². The Hall–Kier alpha value is -3.51. The van der Waals surface area contributed by atoms with Crippen LogP contribution in [0.5, 0.6) is 0 Å². The molecule has 52 heavy (non-hydrogen) atoms. The number of amides is 3. The summed E-state index contributed by atoms with van der Waals surface area (Å²) in [7, 11) is 1.68. The van der Waals surface area contributed by atoms with Crippen molar-refractivity contribution in [1.82, 2.24) is 9.80 Å². The number of carbonyl (C=O) groups is 4. The maximum Gasteiger partial charge on any atom is 0.313 e. The maximum atomic E-state index is 15.0. The molecule has 2 aromatic carbocycles. The van der Waals surface area contributed by atoms with Crippen LogP contribution in [0.2, 0.25) is 5.02 Å². The van der Waals surface area contributed by atoms with E-state index in [2.05, 4.69) is 29.1 Å². The minimum atomic E-state index is -1.39. The third-order valence-electron chi connectivity index (χ3n) is 10.7. The number of aliphatic hydroxyl groups is 1. The van der Waals surface area contributed by atoms with Gasteiger partial charge in [-0.2, -0.15) is 0 Å². The van der Waals surface area contributed by atoms with E-state index in [-0.39, 0.29) is 42.6 Å². The Morgan fingerprint density at radius 3 is 2.38 bits per heavy atom. The van der Waals surface area contributed by atoms with E-state index in [1.54, 1.807) is 48.4 Å². The van der Waals surface area contributed by atoms with Gasteiger partial charge in [-0.15, -0.1) is 13.2 Å². The summed E-state index contributed by atoms with van der Waals surface area (Å²) in [6.45, 7) is 13.1. The van der Waals surface area contributed by atoms with Crippen LogP contribution in [0, 0.1) is 17.8 Å².